The Kier molecular flexibility index (Phi) is 7.32. The van der Waals surface area contributed by atoms with Crippen molar-refractivity contribution < 1.29 is 13.6 Å². The standard InChI is InChI=1S/C26H26FN3O2S/c1-18-12-13-33-24(18)15-30(14-20-8-10-22(27)11-9-20)16-25-29-23(17-32-25)26(31)28-19(2)21-6-4-3-5-7-21/h3-13,17,19H,14-16H2,1-2H3,(H,28,31). The fourth-order valence-electron chi connectivity index (χ4n) is 3.56. The third kappa shape index (κ3) is 6.15. The second-order valence-electron chi connectivity index (χ2n) is 8.03. The van der Waals surface area contributed by atoms with Gasteiger partial charge in [-0.05, 0) is 54.1 Å². The third-order valence-corrected chi connectivity index (χ3v) is 6.45. The van der Waals surface area contributed by atoms with E-state index in [9.17, 15) is 9.18 Å². The summed E-state index contributed by atoms with van der Waals surface area (Å²) in [6.07, 6.45) is 1.40. The van der Waals surface area contributed by atoms with Crippen LogP contribution in [0.3, 0.4) is 0 Å². The molecule has 2 aromatic carbocycles. The van der Waals surface area contributed by atoms with E-state index < -0.39 is 0 Å². The molecule has 0 aliphatic carbocycles. The summed E-state index contributed by atoms with van der Waals surface area (Å²) in [5, 5.41) is 5.03. The lowest BCUT2D eigenvalue weighted by Crippen LogP contribution is -2.27. The maximum atomic E-state index is 13.3. The zero-order chi connectivity index (χ0) is 23.2. The average Bonchev–Trinajstić information content (AvgIpc) is 3.45. The number of amides is 1. The van der Waals surface area contributed by atoms with Crippen molar-refractivity contribution in [2.75, 3.05) is 0 Å². The van der Waals surface area contributed by atoms with Gasteiger partial charge in [0, 0.05) is 18.0 Å². The van der Waals surface area contributed by atoms with E-state index in [2.05, 4.69) is 33.6 Å². The first kappa shape index (κ1) is 22.9. The molecule has 5 nitrogen and oxygen atoms in total. The number of nitrogens with zero attached hydrogens (tertiary/aromatic N) is 2. The van der Waals surface area contributed by atoms with Gasteiger partial charge in [-0.15, -0.1) is 11.3 Å². The molecule has 4 aromatic rings. The van der Waals surface area contributed by atoms with Crippen molar-refractivity contribution in [2.45, 2.75) is 39.5 Å². The number of hydrogen-bond donors (Lipinski definition) is 1. The Morgan fingerprint density at radius 1 is 1.09 bits per heavy atom. The first-order valence-electron chi connectivity index (χ1n) is 10.8. The van der Waals surface area contributed by atoms with Crippen molar-refractivity contribution in [3.05, 3.63) is 111 Å². The molecule has 0 aliphatic rings. The van der Waals surface area contributed by atoms with Crippen LogP contribution in [0, 0.1) is 12.7 Å². The summed E-state index contributed by atoms with van der Waals surface area (Å²) in [5.74, 6) is -0.0724. The summed E-state index contributed by atoms with van der Waals surface area (Å²) < 4.78 is 19.0. The van der Waals surface area contributed by atoms with Gasteiger partial charge in [-0.25, -0.2) is 9.37 Å². The smallest absolute Gasteiger partial charge is 0.273 e. The highest BCUT2D eigenvalue weighted by molar-refractivity contribution is 7.10. The van der Waals surface area contributed by atoms with Gasteiger partial charge in [0.05, 0.1) is 12.6 Å². The van der Waals surface area contributed by atoms with E-state index in [1.54, 1.807) is 23.5 Å². The van der Waals surface area contributed by atoms with Crippen molar-refractivity contribution >= 4 is 17.2 Å². The van der Waals surface area contributed by atoms with Gasteiger partial charge in [0.15, 0.2) is 5.69 Å². The Morgan fingerprint density at radius 3 is 2.55 bits per heavy atom. The summed E-state index contributed by atoms with van der Waals surface area (Å²) in [7, 11) is 0. The molecule has 1 atom stereocenters. The number of benzene rings is 2. The molecule has 1 amide bonds. The monoisotopic (exact) mass is 463 g/mol. The van der Waals surface area contributed by atoms with Crippen LogP contribution >= 0.6 is 11.3 Å². The fraction of sp³-hybridized carbons (Fsp3) is 0.231. The Hall–Kier alpha value is -3.29. The SMILES string of the molecule is Cc1ccsc1CN(Cc1ccc(F)cc1)Cc1nc(C(=O)NC(C)c2ccccc2)co1. The first-order valence-corrected chi connectivity index (χ1v) is 11.7. The van der Waals surface area contributed by atoms with Crippen LogP contribution in [0.1, 0.15) is 50.9 Å². The molecule has 1 unspecified atom stereocenters. The van der Waals surface area contributed by atoms with E-state index in [-0.39, 0.29) is 23.5 Å². The summed E-state index contributed by atoms with van der Waals surface area (Å²) in [6, 6.07) is 18.2. The molecular formula is C26H26FN3O2S. The number of oxazole rings is 1. The van der Waals surface area contributed by atoms with Crippen molar-refractivity contribution in [1.82, 2.24) is 15.2 Å². The summed E-state index contributed by atoms with van der Waals surface area (Å²) in [5.41, 5.74) is 3.49. The van der Waals surface area contributed by atoms with Gasteiger partial charge in [0.25, 0.3) is 5.91 Å². The molecule has 0 saturated carbocycles. The zero-order valence-electron chi connectivity index (χ0n) is 18.6. The summed E-state index contributed by atoms with van der Waals surface area (Å²) >= 11 is 1.70. The molecular weight excluding hydrogens is 437 g/mol. The third-order valence-electron chi connectivity index (χ3n) is 5.45. The number of carbonyl (C=O) groups excluding carboxylic acids is 1. The zero-order valence-corrected chi connectivity index (χ0v) is 19.4. The molecule has 0 bridgehead atoms. The van der Waals surface area contributed by atoms with Crippen LogP contribution in [-0.2, 0) is 19.6 Å². The Labute approximate surface area is 196 Å². The van der Waals surface area contributed by atoms with Gasteiger partial charge in [-0.3, -0.25) is 9.69 Å². The minimum atomic E-state index is -0.277. The number of aromatic nitrogens is 1. The van der Waals surface area contributed by atoms with E-state index in [1.807, 2.05) is 37.3 Å². The van der Waals surface area contributed by atoms with Gasteiger partial charge < -0.3 is 9.73 Å². The lowest BCUT2D eigenvalue weighted by molar-refractivity contribution is 0.0934. The topological polar surface area (TPSA) is 58.4 Å². The predicted octanol–water partition coefficient (Wildman–Crippen LogP) is 5.88. The van der Waals surface area contributed by atoms with Crippen LogP contribution in [0.2, 0.25) is 0 Å². The number of aryl methyl sites for hydroxylation is 1. The molecule has 4 rings (SSSR count). The molecule has 0 saturated heterocycles. The second-order valence-corrected chi connectivity index (χ2v) is 9.03. The fourth-order valence-corrected chi connectivity index (χ4v) is 4.51. The van der Waals surface area contributed by atoms with E-state index in [4.69, 9.17) is 4.42 Å². The highest BCUT2D eigenvalue weighted by atomic mass is 32.1. The molecule has 2 aromatic heterocycles. The maximum absolute atomic E-state index is 13.3. The number of halogens is 1. The molecule has 33 heavy (non-hydrogen) atoms. The van der Waals surface area contributed by atoms with Gasteiger partial charge in [-0.2, -0.15) is 0 Å². The summed E-state index contributed by atoms with van der Waals surface area (Å²) in [6.45, 7) is 5.75. The lowest BCUT2D eigenvalue weighted by atomic mass is 10.1. The predicted molar refractivity (Wildman–Crippen MR) is 127 cm³/mol. The number of nitrogens with one attached hydrogen (secondary N) is 1. The van der Waals surface area contributed by atoms with Crippen LogP contribution in [0.15, 0.2) is 76.7 Å². The molecule has 1 N–H and O–H groups in total. The van der Waals surface area contributed by atoms with Crippen LogP contribution in [0.25, 0.3) is 0 Å². The highest BCUT2D eigenvalue weighted by Gasteiger charge is 2.18. The minimum absolute atomic E-state index is 0.143. The number of thiophene rings is 1. The molecule has 0 aliphatic heterocycles. The second kappa shape index (κ2) is 10.6. The molecule has 7 heteroatoms. The lowest BCUT2D eigenvalue weighted by Gasteiger charge is -2.20. The van der Waals surface area contributed by atoms with Crippen molar-refractivity contribution in [2.24, 2.45) is 0 Å². The maximum Gasteiger partial charge on any atom is 0.273 e. The van der Waals surface area contributed by atoms with Crippen LogP contribution in [0.4, 0.5) is 4.39 Å². The van der Waals surface area contributed by atoms with E-state index in [0.717, 1.165) is 11.1 Å². The quantitative estimate of drug-likeness (QED) is 0.337. The Morgan fingerprint density at radius 2 is 1.85 bits per heavy atom. The van der Waals surface area contributed by atoms with Crippen LogP contribution in [-0.4, -0.2) is 15.8 Å². The van der Waals surface area contributed by atoms with Crippen molar-refractivity contribution in [3.63, 3.8) is 0 Å². The number of rotatable bonds is 9. The summed E-state index contributed by atoms with van der Waals surface area (Å²) in [4.78, 5) is 20.5. The average molecular weight is 464 g/mol. The van der Waals surface area contributed by atoms with Gasteiger partial charge >= 0.3 is 0 Å². The number of hydrogen-bond acceptors (Lipinski definition) is 5. The van der Waals surface area contributed by atoms with Gasteiger partial charge in [-0.1, -0.05) is 42.5 Å². The molecule has 170 valence electrons. The van der Waals surface area contributed by atoms with E-state index in [0.29, 0.717) is 25.5 Å². The van der Waals surface area contributed by atoms with E-state index >= 15 is 0 Å². The van der Waals surface area contributed by atoms with Crippen molar-refractivity contribution in [3.8, 4) is 0 Å². The Bertz CT molecular complexity index is 1190. The molecule has 2 heterocycles. The molecule has 0 spiro atoms. The van der Waals surface area contributed by atoms with E-state index in [1.165, 1.54) is 28.8 Å². The Balaban J connectivity index is 1.45. The van der Waals surface area contributed by atoms with Crippen LogP contribution < -0.4 is 5.32 Å². The first-order chi connectivity index (χ1) is 16.0. The van der Waals surface area contributed by atoms with Crippen LogP contribution in [0.5, 0.6) is 0 Å². The number of carbonyl (C=O) groups is 1. The minimum Gasteiger partial charge on any atom is -0.447 e. The van der Waals surface area contributed by atoms with Gasteiger partial charge in [0.2, 0.25) is 5.89 Å². The normalized spacial score (nSPS) is 12.1. The highest BCUT2D eigenvalue weighted by Crippen LogP contribution is 2.21. The van der Waals surface area contributed by atoms with Crippen molar-refractivity contribution in [1.29, 1.82) is 0 Å². The van der Waals surface area contributed by atoms with Gasteiger partial charge in [0.1, 0.15) is 12.1 Å². The molecule has 0 radical (unpaired) electrons. The molecule has 0 fully saturated rings. The largest absolute Gasteiger partial charge is 0.447 e.